The average molecular weight is 303 g/mol. The van der Waals surface area contributed by atoms with E-state index in [9.17, 15) is 4.79 Å². The largest absolute Gasteiger partial charge is 0.379 e. The number of amides is 1. The Bertz CT molecular complexity index is 482. The van der Waals surface area contributed by atoms with Gasteiger partial charge in [-0.15, -0.1) is 0 Å². The molecule has 1 aromatic rings. The number of hydrogen-bond donors (Lipinski definition) is 0. The Balaban J connectivity index is 2.15. The van der Waals surface area contributed by atoms with Crippen LogP contribution in [-0.2, 0) is 4.74 Å². The Morgan fingerprint density at radius 1 is 1.47 bits per heavy atom. The summed E-state index contributed by atoms with van der Waals surface area (Å²) in [5.41, 5.74) is 0.385. The minimum atomic E-state index is -0.122. The molecule has 2 unspecified atom stereocenters. The number of likely N-dealkylation sites (tertiary alicyclic amines) is 1. The molecule has 1 aliphatic heterocycles. The first-order valence-electron chi connectivity index (χ1n) is 6.17. The van der Waals surface area contributed by atoms with Crippen LogP contribution in [-0.4, -0.2) is 42.1 Å². The van der Waals surface area contributed by atoms with Crippen molar-refractivity contribution in [3.63, 3.8) is 0 Å². The number of aromatic nitrogens is 1. The van der Waals surface area contributed by atoms with Crippen LogP contribution in [0.3, 0.4) is 0 Å². The summed E-state index contributed by atoms with van der Waals surface area (Å²) in [6.07, 6.45) is 0.986. The van der Waals surface area contributed by atoms with Crippen molar-refractivity contribution in [3.8, 4) is 0 Å². The summed E-state index contributed by atoms with van der Waals surface area (Å²) < 4.78 is 5.41. The van der Waals surface area contributed by atoms with Crippen molar-refractivity contribution in [2.45, 2.75) is 19.4 Å². The van der Waals surface area contributed by atoms with Crippen molar-refractivity contribution < 1.29 is 9.53 Å². The molecule has 104 valence electrons. The summed E-state index contributed by atoms with van der Waals surface area (Å²) in [6.45, 7) is 3.42. The van der Waals surface area contributed by atoms with Gasteiger partial charge in [0.25, 0.3) is 5.91 Å². The van der Waals surface area contributed by atoms with Crippen molar-refractivity contribution >= 4 is 29.1 Å². The smallest absolute Gasteiger partial charge is 0.257 e. The first-order valence-corrected chi connectivity index (χ1v) is 6.92. The fraction of sp³-hybridized carbons (Fsp3) is 0.538. The molecule has 0 aromatic carbocycles. The van der Waals surface area contributed by atoms with Crippen LogP contribution in [0, 0.1) is 5.92 Å². The lowest BCUT2D eigenvalue weighted by molar-refractivity contribution is -0.00157. The molecule has 19 heavy (non-hydrogen) atoms. The van der Waals surface area contributed by atoms with Gasteiger partial charge in [-0.1, -0.05) is 30.1 Å². The molecule has 2 rings (SSSR count). The molecule has 2 heterocycles. The first-order chi connectivity index (χ1) is 9.02. The second-order valence-corrected chi connectivity index (χ2v) is 5.51. The van der Waals surface area contributed by atoms with Crippen LogP contribution in [0.2, 0.25) is 10.3 Å². The van der Waals surface area contributed by atoms with Crippen molar-refractivity contribution in [3.05, 3.63) is 28.0 Å². The molecule has 1 amide bonds. The van der Waals surface area contributed by atoms with Crippen LogP contribution in [0.5, 0.6) is 0 Å². The van der Waals surface area contributed by atoms with E-state index in [2.05, 4.69) is 11.9 Å². The monoisotopic (exact) mass is 302 g/mol. The summed E-state index contributed by atoms with van der Waals surface area (Å²) in [4.78, 5) is 18.1. The maximum atomic E-state index is 12.4. The molecule has 0 bridgehead atoms. The molecule has 0 saturated carbocycles. The van der Waals surface area contributed by atoms with Gasteiger partial charge in [0.2, 0.25) is 0 Å². The Labute approximate surface area is 122 Å². The van der Waals surface area contributed by atoms with Crippen LogP contribution < -0.4 is 0 Å². The van der Waals surface area contributed by atoms with Gasteiger partial charge in [0, 0.05) is 20.2 Å². The molecule has 0 spiro atoms. The molecular formula is C13H16Cl2N2O2. The zero-order chi connectivity index (χ0) is 14.0. The number of carbonyl (C=O) groups is 1. The third-order valence-electron chi connectivity index (χ3n) is 3.52. The van der Waals surface area contributed by atoms with Crippen molar-refractivity contribution in [2.75, 3.05) is 20.2 Å². The molecule has 0 radical (unpaired) electrons. The topological polar surface area (TPSA) is 42.4 Å². The highest BCUT2D eigenvalue weighted by atomic mass is 35.5. The number of rotatable bonds is 2. The highest BCUT2D eigenvalue weighted by Crippen LogP contribution is 2.23. The number of carbonyl (C=O) groups excluding carboxylic acids is 1. The summed E-state index contributed by atoms with van der Waals surface area (Å²) in [7, 11) is 1.67. The van der Waals surface area contributed by atoms with Crippen LogP contribution >= 0.6 is 23.2 Å². The van der Waals surface area contributed by atoms with Crippen LogP contribution in [0.15, 0.2) is 12.1 Å². The van der Waals surface area contributed by atoms with Crippen molar-refractivity contribution in [2.24, 2.45) is 5.92 Å². The quantitative estimate of drug-likeness (QED) is 0.789. The maximum absolute atomic E-state index is 12.4. The number of hydrogen-bond acceptors (Lipinski definition) is 3. The predicted octanol–water partition coefficient (Wildman–Crippen LogP) is 2.89. The van der Waals surface area contributed by atoms with E-state index in [1.807, 2.05) is 0 Å². The molecule has 0 N–H and O–H groups in total. The van der Waals surface area contributed by atoms with Gasteiger partial charge < -0.3 is 9.64 Å². The van der Waals surface area contributed by atoms with Gasteiger partial charge in [-0.05, 0) is 24.5 Å². The number of nitrogens with zero attached hydrogens (tertiary/aromatic N) is 2. The normalized spacial score (nSPS) is 23.5. The number of halogens is 2. The molecule has 6 heteroatoms. The second kappa shape index (κ2) is 6.07. The van der Waals surface area contributed by atoms with E-state index in [1.54, 1.807) is 24.1 Å². The van der Waals surface area contributed by atoms with Crippen LogP contribution in [0.25, 0.3) is 0 Å². The Morgan fingerprint density at radius 3 is 2.84 bits per heavy atom. The van der Waals surface area contributed by atoms with Crippen molar-refractivity contribution in [1.29, 1.82) is 0 Å². The minimum Gasteiger partial charge on any atom is -0.379 e. The van der Waals surface area contributed by atoms with Gasteiger partial charge in [0.1, 0.15) is 10.3 Å². The van der Waals surface area contributed by atoms with E-state index in [4.69, 9.17) is 27.9 Å². The third-order valence-corrected chi connectivity index (χ3v) is 4.02. The lowest BCUT2D eigenvalue weighted by Gasteiger charge is -2.36. The molecule has 1 aromatic heterocycles. The lowest BCUT2D eigenvalue weighted by atomic mass is 9.95. The minimum absolute atomic E-state index is 0.0664. The van der Waals surface area contributed by atoms with Crippen LogP contribution in [0.1, 0.15) is 23.7 Å². The van der Waals surface area contributed by atoms with E-state index >= 15 is 0 Å². The van der Waals surface area contributed by atoms with Crippen LogP contribution in [0.4, 0.5) is 0 Å². The number of piperidine rings is 1. The molecule has 0 aliphatic carbocycles. The van der Waals surface area contributed by atoms with Gasteiger partial charge in [-0.3, -0.25) is 4.79 Å². The standard InChI is InChI=1S/C13H16Cl2N2O2/c1-8-5-6-17(7-10(8)19-2)13(18)9-3-4-11(14)16-12(9)15/h3-4,8,10H,5-7H2,1-2H3. The summed E-state index contributed by atoms with van der Waals surface area (Å²) in [6, 6.07) is 3.18. The molecule has 1 aliphatic rings. The average Bonchev–Trinajstić information content (AvgIpc) is 2.38. The van der Waals surface area contributed by atoms with E-state index < -0.39 is 0 Å². The fourth-order valence-electron chi connectivity index (χ4n) is 2.27. The zero-order valence-corrected chi connectivity index (χ0v) is 12.4. The highest BCUT2D eigenvalue weighted by molar-refractivity contribution is 6.34. The summed E-state index contributed by atoms with van der Waals surface area (Å²) >= 11 is 11.7. The zero-order valence-electron chi connectivity index (χ0n) is 10.9. The van der Waals surface area contributed by atoms with Crippen molar-refractivity contribution in [1.82, 2.24) is 9.88 Å². The SMILES string of the molecule is COC1CN(C(=O)c2ccc(Cl)nc2Cl)CCC1C. The Morgan fingerprint density at radius 2 is 2.21 bits per heavy atom. The summed E-state index contributed by atoms with van der Waals surface area (Å²) in [5.74, 6) is 0.330. The summed E-state index contributed by atoms with van der Waals surface area (Å²) in [5, 5.41) is 0.425. The van der Waals surface area contributed by atoms with Gasteiger partial charge in [0.15, 0.2) is 0 Å². The Kier molecular flexibility index (Phi) is 4.66. The van der Waals surface area contributed by atoms with Gasteiger partial charge >= 0.3 is 0 Å². The van der Waals surface area contributed by atoms with Gasteiger partial charge in [-0.25, -0.2) is 4.98 Å². The number of methoxy groups -OCH3 is 1. The number of ether oxygens (including phenoxy) is 1. The molecular weight excluding hydrogens is 287 g/mol. The van der Waals surface area contributed by atoms with Gasteiger partial charge in [0.05, 0.1) is 11.7 Å². The number of pyridine rings is 1. The van der Waals surface area contributed by atoms with E-state index in [0.717, 1.165) is 6.42 Å². The van der Waals surface area contributed by atoms with E-state index in [-0.39, 0.29) is 22.3 Å². The first kappa shape index (κ1) is 14.6. The third kappa shape index (κ3) is 3.19. The highest BCUT2D eigenvalue weighted by Gasteiger charge is 2.30. The molecule has 1 saturated heterocycles. The van der Waals surface area contributed by atoms with Gasteiger partial charge in [-0.2, -0.15) is 0 Å². The van der Waals surface area contributed by atoms with E-state index in [1.165, 1.54) is 0 Å². The maximum Gasteiger partial charge on any atom is 0.257 e. The lowest BCUT2D eigenvalue weighted by Crippen LogP contribution is -2.46. The molecule has 4 nitrogen and oxygen atoms in total. The molecule has 2 atom stereocenters. The predicted molar refractivity (Wildman–Crippen MR) is 74.7 cm³/mol. The Hall–Kier alpha value is -0.840. The second-order valence-electron chi connectivity index (χ2n) is 4.76. The molecule has 1 fully saturated rings. The van der Waals surface area contributed by atoms with E-state index in [0.29, 0.717) is 24.6 Å². The fourth-order valence-corrected chi connectivity index (χ4v) is 2.69.